The number of aliphatic hydroxyl groups is 1. The van der Waals surface area contributed by atoms with Gasteiger partial charge in [-0.1, -0.05) is 12.8 Å². The standard InChI is InChI=1S/C14H24N2O4/c17-9-12-10-20-8-7-16(12)13(18)5-6-15-14(19)11-3-1-2-4-11/h11-12,17H,1-10H2,(H,15,19). The van der Waals surface area contributed by atoms with Crippen molar-refractivity contribution in [2.24, 2.45) is 5.92 Å². The number of carbonyl (C=O) groups is 2. The Morgan fingerprint density at radius 1 is 1.30 bits per heavy atom. The molecule has 1 aliphatic carbocycles. The number of nitrogens with zero attached hydrogens (tertiary/aromatic N) is 1. The molecule has 1 atom stereocenters. The van der Waals surface area contributed by atoms with Crippen molar-refractivity contribution in [2.45, 2.75) is 38.1 Å². The van der Waals surface area contributed by atoms with Gasteiger partial charge in [-0.2, -0.15) is 0 Å². The highest BCUT2D eigenvalue weighted by atomic mass is 16.5. The van der Waals surface area contributed by atoms with Crippen LogP contribution in [0.15, 0.2) is 0 Å². The molecule has 0 aromatic rings. The summed E-state index contributed by atoms with van der Waals surface area (Å²) in [4.78, 5) is 25.6. The molecule has 20 heavy (non-hydrogen) atoms. The van der Waals surface area contributed by atoms with E-state index in [1.54, 1.807) is 4.90 Å². The molecule has 0 aromatic heterocycles. The molecule has 0 radical (unpaired) electrons. The fraction of sp³-hybridized carbons (Fsp3) is 0.857. The second-order valence-corrected chi connectivity index (χ2v) is 5.52. The van der Waals surface area contributed by atoms with Crippen LogP contribution in [0, 0.1) is 5.92 Å². The van der Waals surface area contributed by atoms with Crippen molar-refractivity contribution in [3.05, 3.63) is 0 Å². The zero-order valence-electron chi connectivity index (χ0n) is 11.8. The Bertz CT molecular complexity index is 342. The maximum Gasteiger partial charge on any atom is 0.224 e. The van der Waals surface area contributed by atoms with E-state index in [1.165, 1.54) is 0 Å². The number of aliphatic hydroxyl groups excluding tert-OH is 1. The highest BCUT2D eigenvalue weighted by Gasteiger charge is 2.27. The average Bonchev–Trinajstić information content (AvgIpc) is 3.01. The topological polar surface area (TPSA) is 78.9 Å². The highest BCUT2D eigenvalue weighted by Crippen LogP contribution is 2.24. The van der Waals surface area contributed by atoms with E-state index in [9.17, 15) is 14.7 Å². The van der Waals surface area contributed by atoms with Gasteiger partial charge in [-0.3, -0.25) is 9.59 Å². The normalized spacial score (nSPS) is 23.9. The van der Waals surface area contributed by atoms with Crippen LogP contribution in [0.3, 0.4) is 0 Å². The van der Waals surface area contributed by atoms with Crippen LogP contribution in [0.4, 0.5) is 0 Å². The van der Waals surface area contributed by atoms with Crippen molar-refractivity contribution in [2.75, 3.05) is 32.9 Å². The largest absolute Gasteiger partial charge is 0.394 e. The molecule has 114 valence electrons. The summed E-state index contributed by atoms with van der Waals surface area (Å²) in [6, 6.07) is -0.248. The summed E-state index contributed by atoms with van der Waals surface area (Å²) in [7, 11) is 0. The number of hydrogen-bond acceptors (Lipinski definition) is 4. The van der Waals surface area contributed by atoms with Gasteiger partial charge < -0.3 is 20.1 Å². The lowest BCUT2D eigenvalue weighted by Gasteiger charge is -2.34. The van der Waals surface area contributed by atoms with Gasteiger partial charge in [-0.25, -0.2) is 0 Å². The number of amides is 2. The molecule has 1 saturated carbocycles. The van der Waals surface area contributed by atoms with E-state index in [2.05, 4.69) is 5.32 Å². The van der Waals surface area contributed by atoms with Gasteiger partial charge >= 0.3 is 0 Å². The van der Waals surface area contributed by atoms with Crippen LogP contribution >= 0.6 is 0 Å². The fourth-order valence-electron chi connectivity index (χ4n) is 2.90. The molecule has 6 nitrogen and oxygen atoms in total. The van der Waals surface area contributed by atoms with E-state index in [-0.39, 0.29) is 36.8 Å². The summed E-state index contributed by atoms with van der Waals surface area (Å²) in [5.74, 6) is 0.189. The van der Waals surface area contributed by atoms with Crippen LogP contribution in [-0.2, 0) is 14.3 Å². The lowest BCUT2D eigenvalue weighted by Crippen LogP contribution is -2.51. The third-order valence-corrected chi connectivity index (χ3v) is 4.12. The van der Waals surface area contributed by atoms with Crippen molar-refractivity contribution in [1.29, 1.82) is 0 Å². The van der Waals surface area contributed by atoms with E-state index < -0.39 is 0 Å². The predicted molar refractivity (Wildman–Crippen MR) is 73.0 cm³/mol. The van der Waals surface area contributed by atoms with Gasteiger partial charge in [0.05, 0.1) is 25.9 Å². The molecule has 2 amide bonds. The highest BCUT2D eigenvalue weighted by molar-refractivity contribution is 5.80. The minimum Gasteiger partial charge on any atom is -0.394 e. The third kappa shape index (κ3) is 3.93. The molecule has 1 aliphatic heterocycles. The van der Waals surface area contributed by atoms with Gasteiger partial charge in [-0.15, -0.1) is 0 Å². The first-order chi connectivity index (χ1) is 9.72. The summed E-state index contributed by atoms with van der Waals surface area (Å²) in [6.45, 7) is 1.71. The van der Waals surface area contributed by atoms with Gasteiger partial charge in [0.2, 0.25) is 11.8 Å². The number of rotatable bonds is 5. The van der Waals surface area contributed by atoms with E-state index >= 15 is 0 Å². The van der Waals surface area contributed by atoms with Gasteiger partial charge in [0, 0.05) is 25.4 Å². The molecule has 0 spiro atoms. The summed E-state index contributed by atoms with van der Waals surface area (Å²) < 4.78 is 5.24. The first-order valence-electron chi connectivity index (χ1n) is 7.48. The minimum absolute atomic E-state index is 0.0286. The van der Waals surface area contributed by atoms with Crippen molar-refractivity contribution >= 4 is 11.8 Å². The monoisotopic (exact) mass is 284 g/mol. The number of nitrogens with one attached hydrogen (secondary N) is 1. The zero-order valence-corrected chi connectivity index (χ0v) is 11.8. The van der Waals surface area contributed by atoms with E-state index in [0.717, 1.165) is 25.7 Å². The van der Waals surface area contributed by atoms with Crippen LogP contribution in [0.5, 0.6) is 0 Å². The molecule has 0 aromatic carbocycles. The fourth-order valence-corrected chi connectivity index (χ4v) is 2.90. The molecule has 1 unspecified atom stereocenters. The SMILES string of the molecule is O=C(NCCC(=O)N1CCOCC1CO)C1CCCC1. The molecule has 6 heteroatoms. The lowest BCUT2D eigenvalue weighted by molar-refractivity contribution is -0.141. The van der Waals surface area contributed by atoms with E-state index in [4.69, 9.17) is 4.74 Å². The zero-order chi connectivity index (χ0) is 14.4. The molecule has 1 saturated heterocycles. The predicted octanol–water partition coefficient (Wildman–Crippen LogP) is -0.0974. The van der Waals surface area contributed by atoms with Crippen molar-refractivity contribution in [3.63, 3.8) is 0 Å². The summed E-state index contributed by atoms with van der Waals surface area (Å²) in [5.41, 5.74) is 0. The van der Waals surface area contributed by atoms with Crippen LogP contribution in [0.1, 0.15) is 32.1 Å². The second kappa shape index (κ2) is 7.59. The van der Waals surface area contributed by atoms with Gasteiger partial charge in [0.15, 0.2) is 0 Å². The van der Waals surface area contributed by atoms with Crippen LogP contribution in [0.25, 0.3) is 0 Å². The maximum absolute atomic E-state index is 12.1. The second-order valence-electron chi connectivity index (χ2n) is 5.52. The first-order valence-corrected chi connectivity index (χ1v) is 7.48. The van der Waals surface area contributed by atoms with Crippen molar-refractivity contribution < 1.29 is 19.4 Å². The Kier molecular flexibility index (Phi) is 5.79. The summed E-state index contributed by atoms with van der Waals surface area (Å²) in [5, 5.41) is 12.1. The summed E-state index contributed by atoms with van der Waals surface area (Å²) in [6.07, 6.45) is 4.48. The van der Waals surface area contributed by atoms with Gasteiger partial charge in [0.25, 0.3) is 0 Å². The number of carbonyl (C=O) groups excluding carboxylic acids is 2. The quantitative estimate of drug-likeness (QED) is 0.739. The molecule has 0 bridgehead atoms. The number of ether oxygens (including phenoxy) is 1. The Morgan fingerprint density at radius 2 is 2.05 bits per heavy atom. The van der Waals surface area contributed by atoms with E-state index in [1.807, 2.05) is 0 Å². The van der Waals surface area contributed by atoms with Crippen LogP contribution in [0.2, 0.25) is 0 Å². The Hall–Kier alpha value is -1.14. The first kappa shape index (κ1) is 15.3. The summed E-state index contributed by atoms with van der Waals surface area (Å²) >= 11 is 0. The Balaban J connectivity index is 1.69. The van der Waals surface area contributed by atoms with Crippen molar-refractivity contribution in [3.8, 4) is 0 Å². The third-order valence-electron chi connectivity index (χ3n) is 4.12. The number of morpholine rings is 1. The Labute approximate surface area is 119 Å². The molecule has 2 fully saturated rings. The number of hydrogen-bond donors (Lipinski definition) is 2. The molecule has 2 N–H and O–H groups in total. The molecule has 2 rings (SSSR count). The molecular formula is C14H24N2O4. The molecular weight excluding hydrogens is 260 g/mol. The van der Waals surface area contributed by atoms with E-state index in [0.29, 0.717) is 26.3 Å². The minimum atomic E-state index is -0.248. The van der Waals surface area contributed by atoms with Gasteiger partial charge in [-0.05, 0) is 12.8 Å². The van der Waals surface area contributed by atoms with Gasteiger partial charge in [0.1, 0.15) is 0 Å². The average molecular weight is 284 g/mol. The molecule has 2 aliphatic rings. The van der Waals surface area contributed by atoms with Crippen molar-refractivity contribution in [1.82, 2.24) is 10.2 Å². The van der Waals surface area contributed by atoms with Crippen LogP contribution < -0.4 is 5.32 Å². The molecule has 1 heterocycles. The van der Waals surface area contributed by atoms with Crippen LogP contribution in [-0.4, -0.2) is 60.8 Å². The maximum atomic E-state index is 12.1. The Morgan fingerprint density at radius 3 is 2.75 bits per heavy atom. The smallest absolute Gasteiger partial charge is 0.224 e. The lowest BCUT2D eigenvalue weighted by atomic mass is 10.1.